The molecule has 25 heavy (non-hydrogen) atoms. The number of halogens is 3. The number of carbonyl (C=O) groups excluding carboxylic acids is 1. The second-order valence-corrected chi connectivity index (χ2v) is 5.94. The zero-order valence-corrected chi connectivity index (χ0v) is 13.4. The fourth-order valence-electron chi connectivity index (χ4n) is 2.73. The van der Waals surface area contributed by atoms with E-state index in [0.29, 0.717) is 0 Å². The van der Waals surface area contributed by atoms with Crippen LogP contribution in [0, 0.1) is 11.7 Å². The van der Waals surface area contributed by atoms with E-state index in [2.05, 4.69) is 4.98 Å². The first kappa shape index (κ1) is 17.3. The van der Waals surface area contributed by atoms with Gasteiger partial charge in [0.1, 0.15) is 12.4 Å². The van der Waals surface area contributed by atoms with Gasteiger partial charge in [0.15, 0.2) is 0 Å². The minimum atomic E-state index is -2.92. The van der Waals surface area contributed by atoms with Crippen LogP contribution >= 0.6 is 0 Å². The third-order valence-corrected chi connectivity index (χ3v) is 4.20. The number of hydrogen-bond acceptors (Lipinski definition) is 3. The van der Waals surface area contributed by atoms with Gasteiger partial charge in [-0.3, -0.25) is 4.79 Å². The van der Waals surface area contributed by atoms with Crippen molar-refractivity contribution in [1.29, 1.82) is 0 Å². The summed E-state index contributed by atoms with van der Waals surface area (Å²) in [4.78, 5) is 17.7. The van der Waals surface area contributed by atoms with Crippen LogP contribution in [0.3, 0.4) is 0 Å². The zero-order valence-electron chi connectivity index (χ0n) is 13.4. The Balaban J connectivity index is 1.67. The quantitative estimate of drug-likeness (QED) is 0.849. The van der Waals surface area contributed by atoms with Gasteiger partial charge in [-0.05, 0) is 30.3 Å². The summed E-state index contributed by atoms with van der Waals surface area (Å²) >= 11 is 0. The van der Waals surface area contributed by atoms with Crippen LogP contribution in [0.25, 0.3) is 0 Å². The van der Waals surface area contributed by atoms with E-state index in [0.717, 1.165) is 0 Å². The summed E-state index contributed by atoms with van der Waals surface area (Å²) in [6, 6.07) is 10.0. The number of carbonyl (C=O) groups is 1. The Morgan fingerprint density at radius 2 is 2.00 bits per heavy atom. The van der Waals surface area contributed by atoms with Crippen LogP contribution in [0.1, 0.15) is 16.8 Å². The van der Waals surface area contributed by atoms with Gasteiger partial charge in [-0.15, -0.1) is 0 Å². The lowest BCUT2D eigenvalue weighted by molar-refractivity contribution is -0.110. The lowest BCUT2D eigenvalue weighted by Crippen LogP contribution is -2.51. The molecule has 0 N–H and O–H groups in total. The van der Waals surface area contributed by atoms with Crippen LogP contribution in [0.5, 0.6) is 5.88 Å². The average molecular weight is 350 g/mol. The molecule has 1 atom stereocenters. The highest BCUT2D eigenvalue weighted by Crippen LogP contribution is 2.34. The van der Waals surface area contributed by atoms with Crippen molar-refractivity contribution in [2.45, 2.75) is 12.3 Å². The Bertz CT molecular complexity index is 723. The number of rotatable bonds is 4. The molecule has 1 fully saturated rings. The molecule has 132 valence electrons. The molecule has 0 radical (unpaired) electrons. The normalized spacial score (nSPS) is 19.5. The lowest BCUT2D eigenvalue weighted by Gasteiger charge is -2.38. The molecule has 1 aromatic carbocycles. The average Bonchev–Trinajstić information content (AvgIpc) is 2.61. The Labute approximate surface area is 143 Å². The summed E-state index contributed by atoms with van der Waals surface area (Å²) < 4.78 is 46.7. The number of alkyl halides is 2. The molecule has 1 unspecified atom stereocenters. The van der Waals surface area contributed by atoms with E-state index in [1.807, 2.05) is 0 Å². The van der Waals surface area contributed by atoms with Crippen LogP contribution in [0.15, 0.2) is 48.7 Å². The Hall–Kier alpha value is -2.57. The molecule has 0 spiro atoms. The number of ether oxygens (including phenoxy) is 1. The molecule has 1 aromatic heterocycles. The third kappa shape index (κ3) is 4.10. The van der Waals surface area contributed by atoms with E-state index in [-0.39, 0.29) is 31.1 Å². The van der Waals surface area contributed by atoms with Crippen molar-refractivity contribution >= 4 is 5.91 Å². The molecule has 0 aliphatic carbocycles. The highest BCUT2D eigenvalue weighted by Gasteiger charge is 2.45. The van der Waals surface area contributed by atoms with Crippen LogP contribution in [0.4, 0.5) is 13.2 Å². The smallest absolute Gasteiger partial charge is 0.257 e. The van der Waals surface area contributed by atoms with E-state index >= 15 is 0 Å². The van der Waals surface area contributed by atoms with Gasteiger partial charge < -0.3 is 9.64 Å². The summed E-state index contributed by atoms with van der Waals surface area (Å²) in [5.41, 5.74) is 0.274. The van der Waals surface area contributed by atoms with Gasteiger partial charge in [-0.1, -0.05) is 6.07 Å². The van der Waals surface area contributed by atoms with E-state index in [4.69, 9.17) is 4.74 Å². The number of amides is 1. The Morgan fingerprint density at radius 3 is 2.68 bits per heavy atom. The maximum atomic E-state index is 14.2. The molecule has 1 amide bonds. The predicted molar refractivity (Wildman–Crippen MR) is 85.1 cm³/mol. The number of aromatic nitrogens is 1. The summed E-state index contributed by atoms with van der Waals surface area (Å²) in [5.74, 6) is -4.64. The van der Waals surface area contributed by atoms with Gasteiger partial charge >= 0.3 is 0 Å². The fourth-order valence-corrected chi connectivity index (χ4v) is 2.73. The molecule has 3 rings (SSSR count). The largest absolute Gasteiger partial charge is 0.477 e. The van der Waals surface area contributed by atoms with E-state index in [1.54, 1.807) is 18.2 Å². The number of pyridine rings is 1. The molecule has 0 saturated carbocycles. The Morgan fingerprint density at radius 1 is 1.24 bits per heavy atom. The zero-order chi connectivity index (χ0) is 17.9. The number of likely N-dealkylation sites (tertiary alicyclic amines) is 1. The summed E-state index contributed by atoms with van der Waals surface area (Å²) in [6.45, 7) is -0.420. The van der Waals surface area contributed by atoms with Gasteiger partial charge in [-0.25, -0.2) is 18.2 Å². The number of hydrogen-bond donors (Lipinski definition) is 0. The van der Waals surface area contributed by atoms with E-state index < -0.39 is 30.0 Å². The molecular formula is C18H17F3N2O2. The lowest BCUT2D eigenvalue weighted by atomic mass is 9.93. The maximum absolute atomic E-state index is 14.2. The maximum Gasteiger partial charge on any atom is 0.257 e. The molecule has 1 saturated heterocycles. The molecule has 1 aliphatic heterocycles. The third-order valence-electron chi connectivity index (χ3n) is 4.20. The van der Waals surface area contributed by atoms with E-state index in [1.165, 1.54) is 35.4 Å². The van der Waals surface area contributed by atoms with Crippen LogP contribution in [-0.2, 0) is 0 Å². The SMILES string of the molecule is O=C(c1ccc(F)cc1)N1CCC(F)(F)C(COc2ccccn2)C1. The van der Waals surface area contributed by atoms with Crippen molar-refractivity contribution in [1.82, 2.24) is 9.88 Å². The van der Waals surface area contributed by atoms with Crippen LogP contribution in [0.2, 0.25) is 0 Å². The molecule has 2 aromatic rings. The first-order valence-corrected chi connectivity index (χ1v) is 7.92. The second-order valence-electron chi connectivity index (χ2n) is 5.94. The van der Waals surface area contributed by atoms with Crippen molar-refractivity contribution in [3.8, 4) is 5.88 Å². The molecular weight excluding hydrogens is 333 g/mol. The van der Waals surface area contributed by atoms with E-state index in [9.17, 15) is 18.0 Å². The fraction of sp³-hybridized carbons (Fsp3) is 0.333. The van der Waals surface area contributed by atoms with Gasteiger partial charge in [0.25, 0.3) is 11.8 Å². The van der Waals surface area contributed by atoms with Crippen molar-refractivity contribution in [3.05, 3.63) is 60.0 Å². The van der Waals surface area contributed by atoms with Crippen molar-refractivity contribution < 1.29 is 22.7 Å². The number of benzene rings is 1. The molecule has 7 heteroatoms. The molecule has 1 aliphatic rings. The monoisotopic (exact) mass is 350 g/mol. The molecule has 4 nitrogen and oxygen atoms in total. The second kappa shape index (κ2) is 7.13. The minimum Gasteiger partial charge on any atom is -0.477 e. The number of nitrogens with zero attached hydrogens (tertiary/aromatic N) is 2. The highest BCUT2D eigenvalue weighted by atomic mass is 19.3. The van der Waals surface area contributed by atoms with Crippen molar-refractivity contribution in [2.24, 2.45) is 5.92 Å². The first-order valence-electron chi connectivity index (χ1n) is 7.92. The van der Waals surface area contributed by atoms with Gasteiger partial charge in [0.2, 0.25) is 5.88 Å². The van der Waals surface area contributed by atoms with Crippen molar-refractivity contribution in [2.75, 3.05) is 19.7 Å². The van der Waals surface area contributed by atoms with Gasteiger partial charge in [0.05, 0.1) is 5.92 Å². The predicted octanol–water partition coefficient (Wildman–Crippen LogP) is 3.40. The molecule has 2 heterocycles. The van der Waals surface area contributed by atoms with Gasteiger partial charge in [0, 0.05) is 37.3 Å². The standard InChI is InChI=1S/C18H17F3N2O2/c19-15-6-4-13(5-7-15)17(24)23-10-8-18(20,21)14(11-23)12-25-16-3-1-2-9-22-16/h1-7,9,14H,8,10-12H2. The van der Waals surface area contributed by atoms with Gasteiger partial charge in [-0.2, -0.15) is 0 Å². The highest BCUT2D eigenvalue weighted by molar-refractivity contribution is 5.94. The van der Waals surface area contributed by atoms with Crippen molar-refractivity contribution in [3.63, 3.8) is 0 Å². The minimum absolute atomic E-state index is 0.0523. The Kier molecular flexibility index (Phi) is 4.92. The van der Waals surface area contributed by atoms with Crippen LogP contribution < -0.4 is 4.74 Å². The number of piperidine rings is 1. The summed E-state index contributed by atoms with van der Waals surface area (Å²) in [7, 11) is 0. The topological polar surface area (TPSA) is 42.4 Å². The molecule has 0 bridgehead atoms. The summed E-state index contributed by atoms with van der Waals surface area (Å²) in [5, 5.41) is 0. The summed E-state index contributed by atoms with van der Waals surface area (Å²) in [6.07, 6.45) is 1.08. The van der Waals surface area contributed by atoms with Crippen LogP contribution in [-0.4, -0.2) is 41.4 Å². The first-order chi connectivity index (χ1) is 12.0.